The monoisotopic (exact) mass is 492 g/mol. The van der Waals surface area contributed by atoms with Crippen molar-refractivity contribution in [1.29, 1.82) is 5.26 Å². The van der Waals surface area contributed by atoms with Crippen molar-refractivity contribution in [3.05, 3.63) is 83.7 Å². The summed E-state index contributed by atoms with van der Waals surface area (Å²) < 4.78 is 28.6. The lowest BCUT2D eigenvalue weighted by atomic mass is 10.1. The van der Waals surface area contributed by atoms with Crippen LogP contribution in [0.1, 0.15) is 32.7 Å². The molecule has 1 atom stereocenters. The molecule has 0 unspecified atom stereocenters. The number of likely N-dealkylation sites (tertiary alicyclic amines) is 1. The molecule has 9 nitrogen and oxygen atoms in total. The lowest BCUT2D eigenvalue weighted by Crippen LogP contribution is -2.42. The number of nitrogens with one attached hydrogen (secondary N) is 2. The number of alkyl halides is 2. The van der Waals surface area contributed by atoms with Crippen molar-refractivity contribution >= 4 is 23.4 Å². The van der Waals surface area contributed by atoms with Crippen LogP contribution in [0.4, 0.5) is 14.5 Å². The van der Waals surface area contributed by atoms with Crippen LogP contribution in [0.25, 0.3) is 0 Å². The number of hydrogen-bond donors (Lipinski definition) is 2. The van der Waals surface area contributed by atoms with Gasteiger partial charge in [-0.3, -0.25) is 19.1 Å². The molecule has 184 valence electrons. The number of aromatic nitrogens is 2. The summed E-state index contributed by atoms with van der Waals surface area (Å²) in [5.74, 6) is -4.75. The molecule has 1 fully saturated rings. The molecule has 11 heteroatoms. The molecular weight excluding hydrogens is 470 g/mol. The summed E-state index contributed by atoms with van der Waals surface area (Å²) in [4.78, 5) is 38.0. The first-order valence-electron chi connectivity index (χ1n) is 11.1. The zero-order valence-corrected chi connectivity index (χ0v) is 19.0. The molecule has 2 N–H and O–H groups in total. The summed E-state index contributed by atoms with van der Waals surface area (Å²) in [5, 5.41) is 18.4. The summed E-state index contributed by atoms with van der Waals surface area (Å²) in [6.45, 7) is -1.08. The Hall–Kier alpha value is -4.59. The van der Waals surface area contributed by atoms with Gasteiger partial charge in [0.15, 0.2) is 0 Å². The third-order valence-electron chi connectivity index (χ3n) is 5.60. The first-order chi connectivity index (χ1) is 17.2. The van der Waals surface area contributed by atoms with Crippen molar-refractivity contribution < 1.29 is 23.2 Å². The van der Waals surface area contributed by atoms with E-state index in [2.05, 4.69) is 15.7 Å². The highest BCUT2D eigenvalue weighted by molar-refractivity contribution is 6.04. The Balaban J connectivity index is 1.33. The van der Waals surface area contributed by atoms with Gasteiger partial charge >= 0.3 is 0 Å². The minimum absolute atomic E-state index is 0.171. The van der Waals surface area contributed by atoms with Crippen LogP contribution in [0, 0.1) is 11.3 Å². The molecule has 3 aromatic rings. The fourth-order valence-electron chi connectivity index (χ4n) is 3.84. The van der Waals surface area contributed by atoms with Crippen molar-refractivity contribution in [2.24, 2.45) is 0 Å². The number of nitrogens with zero attached hydrogens (tertiary/aromatic N) is 4. The maximum atomic E-state index is 13.5. The van der Waals surface area contributed by atoms with Gasteiger partial charge < -0.3 is 15.5 Å². The van der Waals surface area contributed by atoms with E-state index in [4.69, 9.17) is 5.26 Å². The predicted octanol–water partition coefficient (Wildman–Crippen LogP) is 2.67. The van der Waals surface area contributed by atoms with Gasteiger partial charge in [0.2, 0.25) is 5.91 Å². The van der Waals surface area contributed by atoms with E-state index < -0.39 is 43.3 Å². The van der Waals surface area contributed by atoms with Gasteiger partial charge in [-0.15, -0.1) is 0 Å². The smallest absolute Gasteiger partial charge is 0.268 e. The average molecular weight is 492 g/mol. The number of anilines is 1. The molecular formula is C25H22F2N6O3. The second-order valence-electron chi connectivity index (χ2n) is 8.36. The van der Waals surface area contributed by atoms with Crippen molar-refractivity contribution in [1.82, 2.24) is 20.0 Å². The number of benzene rings is 2. The number of carbonyl (C=O) groups excluding carboxylic acids is 3. The van der Waals surface area contributed by atoms with Gasteiger partial charge in [-0.2, -0.15) is 10.4 Å². The molecule has 4 rings (SSSR count). The normalized spacial score (nSPS) is 16.2. The Labute approximate surface area is 205 Å². The first-order valence-corrected chi connectivity index (χ1v) is 11.1. The highest BCUT2D eigenvalue weighted by atomic mass is 19.3. The fraction of sp³-hybridized carbons (Fsp3) is 0.240. The van der Waals surface area contributed by atoms with Crippen LogP contribution in [0.15, 0.2) is 67.0 Å². The van der Waals surface area contributed by atoms with Crippen molar-refractivity contribution in [2.75, 3.05) is 18.4 Å². The van der Waals surface area contributed by atoms with Gasteiger partial charge in [0.05, 0.1) is 37.5 Å². The molecule has 2 heterocycles. The van der Waals surface area contributed by atoms with Gasteiger partial charge in [0.25, 0.3) is 17.7 Å². The molecule has 36 heavy (non-hydrogen) atoms. The van der Waals surface area contributed by atoms with Gasteiger partial charge in [-0.25, -0.2) is 8.78 Å². The Morgan fingerprint density at radius 3 is 2.61 bits per heavy atom. The SMILES string of the molecule is N#C[C@@H]1CC(F)(F)CN1C(=O)CNC(=O)c1cnn(Cc2cccc(C(=O)Nc3ccccc3)c2)c1. The summed E-state index contributed by atoms with van der Waals surface area (Å²) in [6.07, 6.45) is 2.07. The Morgan fingerprint density at radius 1 is 1.08 bits per heavy atom. The first kappa shape index (κ1) is 24.5. The van der Waals surface area contributed by atoms with E-state index in [-0.39, 0.29) is 18.0 Å². The zero-order chi connectivity index (χ0) is 25.7. The predicted molar refractivity (Wildman–Crippen MR) is 125 cm³/mol. The molecule has 3 amide bonds. The number of amides is 3. The molecule has 0 radical (unpaired) electrons. The van der Waals surface area contributed by atoms with Crippen LogP contribution >= 0.6 is 0 Å². The molecule has 0 bridgehead atoms. The Morgan fingerprint density at radius 2 is 1.86 bits per heavy atom. The summed E-state index contributed by atoms with van der Waals surface area (Å²) in [5.41, 5.74) is 2.08. The van der Waals surface area contributed by atoms with Crippen molar-refractivity contribution in [3.8, 4) is 6.07 Å². The standard InChI is InChI=1S/C25H22F2N6O3/c26-25(27)10-21(11-28)33(16-25)22(34)13-29-23(35)19-12-30-32(15-19)14-17-5-4-6-18(9-17)24(36)31-20-7-2-1-3-8-20/h1-9,12,15,21H,10,13-14,16H2,(H,29,35)(H,31,36)/t21-/m0/s1. The summed E-state index contributed by atoms with van der Waals surface area (Å²) >= 11 is 0. The third kappa shape index (κ3) is 5.90. The van der Waals surface area contributed by atoms with Crippen molar-refractivity contribution in [2.45, 2.75) is 24.9 Å². The molecule has 1 aliphatic rings. The van der Waals surface area contributed by atoms with E-state index in [1.165, 1.54) is 17.1 Å². The van der Waals surface area contributed by atoms with E-state index in [0.29, 0.717) is 11.3 Å². The molecule has 0 aliphatic carbocycles. The lowest BCUT2D eigenvalue weighted by Gasteiger charge is -2.19. The maximum absolute atomic E-state index is 13.5. The fourth-order valence-corrected chi connectivity index (χ4v) is 3.84. The number of hydrogen-bond acceptors (Lipinski definition) is 5. The minimum Gasteiger partial charge on any atom is -0.343 e. The maximum Gasteiger partial charge on any atom is 0.268 e. The summed E-state index contributed by atoms with van der Waals surface area (Å²) in [7, 11) is 0. The molecule has 2 aromatic carbocycles. The number of para-hydroxylation sites is 1. The summed E-state index contributed by atoms with van der Waals surface area (Å²) in [6, 6.07) is 16.5. The van der Waals surface area contributed by atoms with Crippen LogP contribution in [0.3, 0.4) is 0 Å². The van der Waals surface area contributed by atoms with E-state index in [1.807, 2.05) is 24.3 Å². The molecule has 0 spiro atoms. The molecule has 1 aromatic heterocycles. The van der Waals surface area contributed by atoms with Crippen LogP contribution in [-0.4, -0.2) is 57.5 Å². The van der Waals surface area contributed by atoms with E-state index in [9.17, 15) is 23.2 Å². The molecule has 0 saturated carbocycles. The highest BCUT2D eigenvalue weighted by Gasteiger charge is 2.47. The number of carbonyl (C=O) groups is 3. The van der Waals surface area contributed by atoms with Gasteiger partial charge in [-0.05, 0) is 29.8 Å². The largest absolute Gasteiger partial charge is 0.343 e. The van der Waals surface area contributed by atoms with Gasteiger partial charge in [-0.1, -0.05) is 30.3 Å². The molecule has 1 aliphatic heterocycles. The third-order valence-corrected chi connectivity index (χ3v) is 5.60. The number of halogens is 2. The minimum atomic E-state index is -3.12. The van der Waals surface area contributed by atoms with Crippen molar-refractivity contribution in [3.63, 3.8) is 0 Å². The Kier molecular flexibility index (Phi) is 7.05. The zero-order valence-electron chi connectivity index (χ0n) is 19.0. The number of rotatable bonds is 7. The average Bonchev–Trinajstić information content (AvgIpc) is 3.46. The lowest BCUT2D eigenvalue weighted by molar-refractivity contribution is -0.131. The quantitative estimate of drug-likeness (QED) is 0.526. The van der Waals surface area contributed by atoms with E-state index in [0.717, 1.165) is 10.5 Å². The highest BCUT2D eigenvalue weighted by Crippen LogP contribution is 2.31. The van der Waals surface area contributed by atoms with E-state index in [1.54, 1.807) is 36.4 Å². The number of nitriles is 1. The van der Waals surface area contributed by atoms with E-state index >= 15 is 0 Å². The second-order valence-corrected chi connectivity index (χ2v) is 8.36. The molecule has 1 saturated heterocycles. The van der Waals surface area contributed by atoms with Crippen LogP contribution in [0.2, 0.25) is 0 Å². The van der Waals surface area contributed by atoms with Crippen LogP contribution in [0.5, 0.6) is 0 Å². The van der Waals surface area contributed by atoms with Gasteiger partial charge in [0, 0.05) is 23.9 Å². The van der Waals surface area contributed by atoms with Gasteiger partial charge in [0.1, 0.15) is 6.04 Å². The van der Waals surface area contributed by atoms with Crippen LogP contribution < -0.4 is 10.6 Å². The Bertz CT molecular complexity index is 1320. The van der Waals surface area contributed by atoms with Crippen LogP contribution in [-0.2, 0) is 11.3 Å². The topological polar surface area (TPSA) is 120 Å². The second kappa shape index (κ2) is 10.4.